The highest BCUT2D eigenvalue weighted by Gasteiger charge is 2.28. The summed E-state index contributed by atoms with van der Waals surface area (Å²) in [5.74, 6) is 1.00. The number of fused-ring (bicyclic) bond motifs is 1. The first kappa shape index (κ1) is 12.9. The molecule has 1 aromatic carbocycles. The molecular formula is C14H20N2O2. The maximum atomic E-state index is 12.2. The minimum atomic E-state index is 0.0281. The van der Waals surface area contributed by atoms with E-state index >= 15 is 0 Å². The lowest BCUT2D eigenvalue weighted by molar-refractivity contribution is 0.0637. The van der Waals surface area contributed by atoms with Gasteiger partial charge in [0.15, 0.2) is 0 Å². The summed E-state index contributed by atoms with van der Waals surface area (Å²) >= 11 is 0. The van der Waals surface area contributed by atoms with Gasteiger partial charge in [0.05, 0.1) is 5.56 Å². The van der Waals surface area contributed by atoms with Crippen molar-refractivity contribution in [3.63, 3.8) is 0 Å². The van der Waals surface area contributed by atoms with E-state index in [1.807, 2.05) is 38.4 Å². The molecule has 0 unspecified atom stereocenters. The molecule has 4 nitrogen and oxygen atoms in total. The van der Waals surface area contributed by atoms with Crippen molar-refractivity contribution in [2.75, 3.05) is 27.2 Å². The summed E-state index contributed by atoms with van der Waals surface area (Å²) in [6.07, 6.45) is 0.0756. The molecule has 0 spiro atoms. The average molecular weight is 248 g/mol. The van der Waals surface area contributed by atoms with E-state index in [9.17, 15) is 4.79 Å². The Kier molecular flexibility index (Phi) is 3.87. The smallest absolute Gasteiger partial charge is 0.257 e. The molecule has 0 aliphatic carbocycles. The lowest BCUT2D eigenvalue weighted by atomic mass is 10.0. The largest absolute Gasteiger partial charge is 0.488 e. The van der Waals surface area contributed by atoms with Crippen LogP contribution in [0.1, 0.15) is 17.3 Å². The van der Waals surface area contributed by atoms with Crippen LogP contribution in [0.4, 0.5) is 0 Å². The fourth-order valence-corrected chi connectivity index (χ4v) is 2.31. The Morgan fingerprint density at radius 3 is 2.89 bits per heavy atom. The summed E-state index contributed by atoms with van der Waals surface area (Å²) in [5, 5.41) is 3.14. The monoisotopic (exact) mass is 248 g/mol. The van der Waals surface area contributed by atoms with Crippen molar-refractivity contribution in [3.05, 3.63) is 29.8 Å². The molecule has 0 fully saturated rings. The molecule has 98 valence electrons. The van der Waals surface area contributed by atoms with E-state index in [2.05, 4.69) is 12.2 Å². The van der Waals surface area contributed by atoms with Crippen LogP contribution in [0.25, 0.3) is 0 Å². The van der Waals surface area contributed by atoms with Gasteiger partial charge in [0.1, 0.15) is 11.9 Å². The summed E-state index contributed by atoms with van der Waals surface area (Å²) in [6, 6.07) is 7.45. The second-order valence-corrected chi connectivity index (χ2v) is 4.87. The van der Waals surface area contributed by atoms with Crippen LogP contribution in [-0.4, -0.2) is 44.1 Å². The lowest BCUT2D eigenvalue weighted by Gasteiger charge is -2.32. The molecule has 0 saturated heterocycles. The van der Waals surface area contributed by atoms with Crippen LogP contribution < -0.4 is 10.1 Å². The minimum Gasteiger partial charge on any atom is -0.488 e. The number of hydrogen-bond acceptors (Lipinski definition) is 3. The van der Waals surface area contributed by atoms with E-state index < -0.39 is 0 Å². The molecule has 1 aromatic rings. The zero-order chi connectivity index (χ0) is 13.1. The number of rotatable bonds is 2. The van der Waals surface area contributed by atoms with E-state index in [-0.39, 0.29) is 12.0 Å². The van der Waals surface area contributed by atoms with Crippen molar-refractivity contribution in [2.24, 2.45) is 5.92 Å². The second kappa shape index (κ2) is 5.40. The summed E-state index contributed by atoms with van der Waals surface area (Å²) in [4.78, 5) is 14.0. The Balaban J connectivity index is 2.36. The predicted molar refractivity (Wildman–Crippen MR) is 70.9 cm³/mol. The number of carbonyl (C=O) groups is 1. The number of benzene rings is 1. The van der Waals surface area contributed by atoms with Crippen LogP contribution in [0.15, 0.2) is 24.3 Å². The Hall–Kier alpha value is -1.55. The third-order valence-electron chi connectivity index (χ3n) is 3.34. The SMILES string of the molecule is CNC[C@H]1Oc2ccccc2C(=O)N(C)C[C@@H]1C. The quantitative estimate of drug-likeness (QED) is 0.859. The van der Waals surface area contributed by atoms with E-state index in [4.69, 9.17) is 4.74 Å². The van der Waals surface area contributed by atoms with Crippen molar-refractivity contribution in [1.29, 1.82) is 0 Å². The zero-order valence-corrected chi connectivity index (χ0v) is 11.1. The number of para-hydroxylation sites is 1. The summed E-state index contributed by atoms with van der Waals surface area (Å²) in [5.41, 5.74) is 0.646. The molecule has 2 rings (SSSR count). The topological polar surface area (TPSA) is 41.6 Å². The third kappa shape index (κ3) is 2.48. The number of likely N-dealkylation sites (N-methyl/N-ethyl adjacent to an activating group) is 1. The Morgan fingerprint density at radius 1 is 1.44 bits per heavy atom. The van der Waals surface area contributed by atoms with Crippen molar-refractivity contribution in [2.45, 2.75) is 13.0 Å². The molecule has 1 amide bonds. The minimum absolute atomic E-state index is 0.0281. The molecule has 1 N–H and O–H groups in total. The van der Waals surface area contributed by atoms with Crippen molar-refractivity contribution < 1.29 is 9.53 Å². The number of carbonyl (C=O) groups excluding carboxylic acids is 1. The van der Waals surface area contributed by atoms with Gasteiger partial charge in [-0.25, -0.2) is 0 Å². The van der Waals surface area contributed by atoms with Crippen molar-refractivity contribution >= 4 is 5.91 Å². The Morgan fingerprint density at radius 2 is 2.17 bits per heavy atom. The van der Waals surface area contributed by atoms with Gasteiger partial charge in [-0.15, -0.1) is 0 Å². The molecule has 4 heteroatoms. The van der Waals surface area contributed by atoms with Crippen LogP contribution >= 0.6 is 0 Å². The highest BCUT2D eigenvalue weighted by atomic mass is 16.5. The Bertz CT molecular complexity index is 434. The van der Waals surface area contributed by atoms with Gasteiger partial charge in [-0.2, -0.15) is 0 Å². The van der Waals surface area contributed by atoms with Gasteiger partial charge in [0.25, 0.3) is 5.91 Å². The predicted octanol–water partition coefficient (Wildman–Crippen LogP) is 1.38. The van der Waals surface area contributed by atoms with E-state index in [1.165, 1.54) is 0 Å². The van der Waals surface area contributed by atoms with Crippen molar-refractivity contribution in [3.8, 4) is 5.75 Å². The zero-order valence-electron chi connectivity index (χ0n) is 11.1. The van der Waals surface area contributed by atoms with Crippen LogP contribution in [0, 0.1) is 5.92 Å². The summed E-state index contributed by atoms with van der Waals surface area (Å²) < 4.78 is 6.00. The lowest BCUT2D eigenvalue weighted by Crippen LogP contribution is -2.44. The van der Waals surface area contributed by atoms with Gasteiger partial charge < -0.3 is 15.0 Å². The molecule has 0 radical (unpaired) electrons. The highest BCUT2D eigenvalue weighted by molar-refractivity contribution is 5.96. The van der Waals surface area contributed by atoms with Crippen LogP contribution in [0.2, 0.25) is 0 Å². The van der Waals surface area contributed by atoms with Crippen molar-refractivity contribution in [1.82, 2.24) is 10.2 Å². The first-order chi connectivity index (χ1) is 8.63. The van der Waals surface area contributed by atoms with E-state index in [0.717, 1.165) is 6.54 Å². The van der Waals surface area contributed by atoms with Gasteiger partial charge in [-0.3, -0.25) is 4.79 Å². The summed E-state index contributed by atoms with van der Waals surface area (Å²) in [6.45, 7) is 3.59. The number of nitrogens with zero attached hydrogens (tertiary/aromatic N) is 1. The number of hydrogen-bond donors (Lipinski definition) is 1. The molecule has 2 atom stereocenters. The molecule has 1 aliphatic rings. The van der Waals surface area contributed by atoms with Gasteiger partial charge in [0, 0.05) is 26.1 Å². The van der Waals surface area contributed by atoms with Crippen LogP contribution in [-0.2, 0) is 0 Å². The molecule has 18 heavy (non-hydrogen) atoms. The van der Waals surface area contributed by atoms with E-state index in [0.29, 0.717) is 23.8 Å². The summed E-state index contributed by atoms with van der Waals surface area (Å²) in [7, 11) is 3.76. The second-order valence-electron chi connectivity index (χ2n) is 4.87. The molecular weight excluding hydrogens is 228 g/mol. The van der Waals surface area contributed by atoms with Gasteiger partial charge in [0.2, 0.25) is 0 Å². The standard InChI is InChI=1S/C14H20N2O2/c1-10-9-16(3)14(17)11-6-4-5-7-12(11)18-13(10)8-15-2/h4-7,10,13,15H,8-9H2,1-3H3/t10-,13+/m0/s1. The first-order valence-corrected chi connectivity index (χ1v) is 6.29. The van der Waals surface area contributed by atoms with Gasteiger partial charge in [-0.05, 0) is 19.2 Å². The Labute approximate surface area is 108 Å². The maximum absolute atomic E-state index is 12.2. The fourth-order valence-electron chi connectivity index (χ4n) is 2.31. The molecule has 0 bridgehead atoms. The first-order valence-electron chi connectivity index (χ1n) is 6.29. The number of amides is 1. The van der Waals surface area contributed by atoms with E-state index in [1.54, 1.807) is 4.90 Å². The van der Waals surface area contributed by atoms with Crippen LogP contribution in [0.3, 0.4) is 0 Å². The molecule has 1 aliphatic heterocycles. The van der Waals surface area contributed by atoms with Crippen LogP contribution in [0.5, 0.6) is 5.75 Å². The molecule has 0 aromatic heterocycles. The highest BCUT2D eigenvalue weighted by Crippen LogP contribution is 2.25. The normalized spacial score (nSPS) is 23.9. The molecule has 1 heterocycles. The third-order valence-corrected chi connectivity index (χ3v) is 3.34. The number of ether oxygens (including phenoxy) is 1. The van der Waals surface area contributed by atoms with Gasteiger partial charge in [-0.1, -0.05) is 19.1 Å². The fraction of sp³-hybridized carbons (Fsp3) is 0.500. The average Bonchev–Trinajstić information content (AvgIpc) is 2.37. The molecule has 0 saturated carbocycles. The number of nitrogens with one attached hydrogen (secondary N) is 1. The maximum Gasteiger partial charge on any atom is 0.257 e. The van der Waals surface area contributed by atoms with Gasteiger partial charge >= 0.3 is 0 Å².